The highest BCUT2D eigenvalue weighted by molar-refractivity contribution is 5.90. The summed E-state index contributed by atoms with van der Waals surface area (Å²) in [5, 5.41) is 9.12. The quantitative estimate of drug-likeness (QED) is 0.865. The SMILES string of the molecule is CC(C)(C)OC(=O)N1CCc2c(cc(F)cc2C(=O)O)C1. The van der Waals surface area contributed by atoms with Gasteiger partial charge in [0.1, 0.15) is 11.4 Å². The number of hydrogen-bond acceptors (Lipinski definition) is 3. The first-order valence-corrected chi connectivity index (χ1v) is 6.70. The van der Waals surface area contributed by atoms with Crippen LogP contribution in [0.3, 0.4) is 0 Å². The van der Waals surface area contributed by atoms with Crippen molar-refractivity contribution in [3.63, 3.8) is 0 Å². The van der Waals surface area contributed by atoms with Crippen molar-refractivity contribution in [1.29, 1.82) is 0 Å². The minimum Gasteiger partial charge on any atom is -0.478 e. The van der Waals surface area contributed by atoms with Gasteiger partial charge in [0.15, 0.2) is 0 Å². The highest BCUT2D eigenvalue weighted by atomic mass is 19.1. The van der Waals surface area contributed by atoms with Crippen molar-refractivity contribution in [3.05, 3.63) is 34.6 Å². The third-order valence-electron chi connectivity index (χ3n) is 3.18. The molecular weight excluding hydrogens is 277 g/mol. The second-order valence-corrected chi connectivity index (χ2v) is 6.05. The summed E-state index contributed by atoms with van der Waals surface area (Å²) in [4.78, 5) is 24.6. The molecule has 0 aliphatic carbocycles. The average molecular weight is 295 g/mol. The van der Waals surface area contributed by atoms with Gasteiger partial charge in [0.05, 0.1) is 5.56 Å². The summed E-state index contributed by atoms with van der Waals surface area (Å²) in [6.45, 7) is 5.82. The lowest BCUT2D eigenvalue weighted by molar-refractivity contribution is 0.0223. The molecule has 0 atom stereocenters. The summed E-state index contributed by atoms with van der Waals surface area (Å²) in [5.74, 6) is -1.77. The Bertz CT molecular complexity index is 592. The number of fused-ring (bicyclic) bond motifs is 1. The monoisotopic (exact) mass is 295 g/mol. The van der Waals surface area contributed by atoms with Crippen LogP contribution in [0.4, 0.5) is 9.18 Å². The Morgan fingerprint density at radius 3 is 2.57 bits per heavy atom. The van der Waals surface area contributed by atoms with Crippen LogP contribution in [-0.2, 0) is 17.7 Å². The summed E-state index contributed by atoms with van der Waals surface area (Å²) < 4.78 is 18.8. The van der Waals surface area contributed by atoms with E-state index < -0.39 is 23.5 Å². The third-order valence-corrected chi connectivity index (χ3v) is 3.18. The molecule has 21 heavy (non-hydrogen) atoms. The predicted octanol–water partition coefficient (Wildman–Crippen LogP) is 2.82. The van der Waals surface area contributed by atoms with E-state index in [1.807, 2.05) is 0 Å². The normalized spacial score (nSPS) is 14.6. The minimum absolute atomic E-state index is 0.0335. The van der Waals surface area contributed by atoms with Crippen LogP contribution in [0.5, 0.6) is 0 Å². The fraction of sp³-hybridized carbons (Fsp3) is 0.467. The number of carbonyl (C=O) groups is 2. The topological polar surface area (TPSA) is 66.8 Å². The number of halogens is 1. The Hall–Kier alpha value is -2.11. The van der Waals surface area contributed by atoms with Gasteiger partial charge >= 0.3 is 12.1 Å². The standard InChI is InChI=1S/C15H18FNO4/c1-15(2,3)21-14(20)17-5-4-11-9(8-17)6-10(16)7-12(11)13(18)19/h6-7H,4-5,8H2,1-3H3,(H,18,19). The lowest BCUT2D eigenvalue weighted by Crippen LogP contribution is -2.40. The first-order chi connectivity index (χ1) is 9.67. The maximum Gasteiger partial charge on any atom is 0.410 e. The zero-order valence-electron chi connectivity index (χ0n) is 12.3. The summed E-state index contributed by atoms with van der Waals surface area (Å²) in [6, 6.07) is 2.29. The largest absolute Gasteiger partial charge is 0.478 e. The molecule has 0 spiro atoms. The molecule has 1 heterocycles. The molecule has 0 saturated carbocycles. The molecule has 1 aromatic carbocycles. The minimum atomic E-state index is -1.16. The fourth-order valence-electron chi connectivity index (χ4n) is 2.33. The molecule has 1 aromatic rings. The number of aromatic carboxylic acids is 1. The number of hydrogen-bond donors (Lipinski definition) is 1. The Morgan fingerprint density at radius 2 is 2.00 bits per heavy atom. The third kappa shape index (κ3) is 3.51. The van der Waals surface area contributed by atoms with E-state index in [0.717, 1.165) is 6.07 Å². The molecule has 0 unspecified atom stereocenters. The first-order valence-electron chi connectivity index (χ1n) is 6.70. The number of carbonyl (C=O) groups excluding carboxylic acids is 1. The summed E-state index contributed by atoms with van der Waals surface area (Å²) in [6.07, 6.45) is -0.106. The molecule has 0 fully saturated rings. The number of ether oxygens (including phenoxy) is 1. The van der Waals surface area contributed by atoms with Gasteiger partial charge in [0.25, 0.3) is 0 Å². The average Bonchev–Trinajstić information content (AvgIpc) is 2.34. The first kappa shape index (κ1) is 15.3. The molecule has 114 valence electrons. The molecule has 1 amide bonds. The summed E-state index contributed by atoms with van der Waals surface area (Å²) >= 11 is 0. The van der Waals surface area contributed by atoms with Gasteiger partial charge in [-0.2, -0.15) is 0 Å². The molecule has 6 heteroatoms. The zero-order valence-corrected chi connectivity index (χ0v) is 12.3. The van der Waals surface area contributed by atoms with Crippen molar-refractivity contribution in [3.8, 4) is 0 Å². The number of rotatable bonds is 1. The lowest BCUT2D eigenvalue weighted by Gasteiger charge is -2.31. The van der Waals surface area contributed by atoms with Crippen molar-refractivity contribution in [1.82, 2.24) is 4.90 Å². The van der Waals surface area contributed by atoms with Crippen LogP contribution < -0.4 is 0 Å². The van der Waals surface area contributed by atoms with Gasteiger partial charge in [0, 0.05) is 13.1 Å². The Kier molecular flexibility index (Phi) is 3.89. The summed E-state index contributed by atoms with van der Waals surface area (Å²) in [5.41, 5.74) is 0.466. The molecule has 1 aliphatic rings. The van der Waals surface area contributed by atoms with E-state index in [1.54, 1.807) is 20.8 Å². The van der Waals surface area contributed by atoms with Gasteiger partial charge in [-0.15, -0.1) is 0 Å². The van der Waals surface area contributed by atoms with Gasteiger partial charge in [-0.25, -0.2) is 14.0 Å². The molecule has 2 rings (SSSR count). The van der Waals surface area contributed by atoms with Crippen molar-refractivity contribution in [2.24, 2.45) is 0 Å². The number of carboxylic acid groups (broad SMARTS) is 1. The molecular formula is C15H18FNO4. The predicted molar refractivity (Wildman–Crippen MR) is 73.7 cm³/mol. The van der Waals surface area contributed by atoms with Crippen LogP contribution in [0, 0.1) is 5.82 Å². The van der Waals surface area contributed by atoms with Crippen molar-refractivity contribution in [2.75, 3.05) is 6.54 Å². The Balaban J connectivity index is 2.25. The van der Waals surface area contributed by atoms with Gasteiger partial charge in [-0.05, 0) is 50.5 Å². The molecule has 1 N–H and O–H groups in total. The van der Waals surface area contributed by atoms with Gasteiger partial charge in [0.2, 0.25) is 0 Å². The zero-order chi connectivity index (χ0) is 15.8. The van der Waals surface area contributed by atoms with E-state index in [-0.39, 0.29) is 12.1 Å². The van der Waals surface area contributed by atoms with Crippen LogP contribution in [0.2, 0.25) is 0 Å². The van der Waals surface area contributed by atoms with Crippen molar-refractivity contribution < 1.29 is 23.8 Å². The fourth-order valence-corrected chi connectivity index (χ4v) is 2.33. The molecule has 0 aromatic heterocycles. The van der Waals surface area contributed by atoms with Gasteiger partial charge in [-0.3, -0.25) is 0 Å². The van der Waals surface area contributed by atoms with E-state index in [1.165, 1.54) is 11.0 Å². The molecule has 0 radical (unpaired) electrons. The number of nitrogens with zero attached hydrogens (tertiary/aromatic N) is 1. The summed E-state index contributed by atoms with van der Waals surface area (Å²) in [7, 11) is 0. The van der Waals surface area contributed by atoms with E-state index in [2.05, 4.69) is 0 Å². The molecule has 0 saturated heterocycles. The molecule has 0 bridgehead atoms. The van der Waals surface area contributed by atoms with Gasteiger partial charge in [-0.1, -0.05) is 0 Å². The van der Waals surface area contributed by atoms with Crippen LogP contribution >= 0.6 is 0 Å². The lowest BCUT2D eigenvalue weighted by atomic mass is 9.94. The van der Waals surface area contributed by atoms with Crippen LogP contribution in [0.15, 0.2) is 12.1 Å². The van der Waals surface area contributed by atoms with Crippen LogP contribution in [0.25, 0.3) is 0 Å². The van der Waals surface area contributed by atoms with E-state index >= 15 is 0 Å². The maximum atomic E-state index is 13.5. The van der Waals surface area contributed by atoms with Crippen LogP contribution in [-0.4, -0.2) is 34.2 Å². The second-order valence-electron chi connectivity index (χ2n) is 6.05. The highest BCUT2D eigenvalue weighted by Gasteiger charge is 2.28. The van der Waals surface area contributed by atoms with E-state index in [0.29, 0.717) is 24.1 Å². The Labute approximate surface area is 122 Å². The van der Waals surface area contributed by atoms with Crippen LogP contribution in [0.1, 0.15) is 42.3 Å². The van der Waals surface area contributed by atoms with E-state index in [4.69, 9.17) is 9.84 Å². The number of carboxylic acids is 1. The van der Waals surface area contributed by atoms with Crippen molar-refractivity contribution >= 4 is 12.1 Å². The smallest absolute Gasteiger partial charge is 0.410 e. The number of amides is 1. The Morgan fingerprint density at radius 1 is 1.33 bits per heavy atom. The van der Waals surface area contributed by atoms with E-state index in [9.17, 15) is 14.0 Å². The van der Waals surface area contributed by atoms with Gasteiger partial charge < -0.3 is 14.7 Å². The molecule has 5 nitrogen and oxygen atoms in total. The second kappa shape index (κ2) is 5.35. The molecule has 1 aliphatic heterocycles. The number of benzene rings is 1. The highest BCUT2D eigenvalue weighted by Crippen LogP contribution is 2.25. The maximum absolute atomic E-state index is 13.5. The van der Waals surface area contributed by atoms with Crippen molar-refractivity contribution in [2.45, 2.75) is 39.3 Å².